The van der Waals surface area contributed by atoms with Crippen LogP contribution in [0.1, 0.15) is 23.6 Å². The molecule has 0 spiro atoms. The first-order valence-electron chi connectivity index (χ1n) is 11.5. The molecule has 1 aliphatic rings. The quantitative estimate of drug-likeness (QED) is 0.502. The second-order valence-electron chi connectivity index (χ2n) is 8.58. The van der Waals surface area contributed by atoms with E-state index < -0.39 is 17.2 Å². The van der Waals surface area contributed by atoms with Gasteiger partial charge in [-0.05, 0) is 57.0 Å². The van der Waals surface area contributed by atoms with Gasteiger partial charge in [-0.15, -0.1) is 10.2 Å². The number of rotatable bonds is 6. The Balaban J connectivity index is 1.50. The molecule has 9 nitrogen and oxygen atoms in total. The third-order valence-corrected chi connectivity index (χ3v) is 6.73. The van der Waals surface area contributed by atoms with Gasteiger partial charge >= 0.3 is 6.03 Å². The summed E-state index contributed by atoms with van der Waals surface area (Å²) in [4.78, 5) is 27.4. The molecule has 1 unspecified atom stereocenters. The lowest BCUT2D eigenvalue weighted by Gasteiger charge is -2.28. The van der Waals surface area contributed by atoms with Gasteiger partial charge in [-0.3, -0.25) is 14.7 Å². The number of hydrogen-bond donors (Lipinski definition) is 2. The van der Waals surface area contributed by atoms with Crippen LogP contribution in [0.3, 0.4) is 0 Å². The molecule has 4 rings (SSSR count). The number of nitrogens with one attached hydrogen (secondary N) is 2. The number of aromatic nitrogens is 3. The number of carbonyl (C=O) groups excluding carboxylic acids is 2. The number of anilines is 2. The first-order chi connectivity index (χ1) is 16.8. The first-order valence-corrected chi connectivity index (χ1v) is 12.4. The summed E-state index contributed by atoms with van der Waals surface area (Å²) in [5.41, 5.74) is 4.71. The van der Waals surface area contributed by atoms with E-state index in [1.807, 2.05) is 61.7 Å². The molecule has 1 aromatic heterocycles. The molecule has 0 bridgehead atoms. The Kier molecular flexibility index (Phi) is 7.72. The summed E-state index contributed by atoms with van der Waals surface area (Å²) in [6, 6.07) is 13.2. The molecule has 1 fully saturated rings. The van der Waals surface area contributed by atoms with Gasteiger partial charge in [0.2, 0.25) is 11.9 Å². The van der Waals surface area contributed by atoms with Crippen molar-refractivity contribution in [3.8, 4) is 5.69 Å². The summed E-state index contributed by atoms with van der Waals surface area (Å²) in [7, 11) is 0. The molecule has 3 aromatic rings. The van der Waals surface area contributed by atoms with Gasteiger partial charge in [0, 0.05) is 18.8 Å². The molecule has 35 heavy (non-hydrogen) atoms. The number of thioether (sulfide) groups is 1. The first kappa shape index (κ1) is 24.7. The minimum Gasteiger partial charge on any atom is -0.378 e. The lowest BCUT2D eigenvalue weighted by Crippen LogP contribution is -2.39. The Labute approximate surface area is 209 Å². The molecule has 1 saturated heterocycles. The number of carbonyl (C=O) groups is 2. The van der Waals surface area contributed by atoms with Crippen LogP contribution < -0.4 is 15.5 Å². The highest BCUT2D eigenvalue weighted by Gasteiger charge is 2.25. The largest absolute Gasteiger partial charge is 0.378 e. The molecule has 1 atom stereocenters. The number of benzene rings is 2. The van der Waals surface area contributed by atoms with Crippen LogP contribution in [0.15, 0.2) is 47.6 Å². The van der Waals surface area contributed by atoms with E-state index in [1.165, 1.54) is 11.8 Å². The molecule has 2 N–H and O–H groups in total. The zero-order valence-corrected chi connectivity index (χ0v) is 21.2. The van der Waals surface area contributed by atoms with Crippen molar-refractivity contribution in [2.24, 2.45) is 0 Å². The summed E-state index contributed by atoms with van der Waals surface area (Å²) in [5, 5.41) is 14.0. The summed E-state index contributed by atoms with van der Waals surface area (Å²) in [5.74, 6) is 0.297. The SMILES string of the molecule is Cc1cccc(-n2c(SC(C)C(=O)NC(=O)Nc3ccc(C)cc3C)nnc2N2CCOCC2)c1. The maximum atomic E-state index is 12.8. The number of imide groups is 1. The van der Waals surface area contributed by atoms with Crippen molar-refractivity contribution < 1.29 is 14.3 Å². The van der Waals surface area contributed by atoms with Gasteiger partial charge < -0.3 is 15.0 Å². The number of ether oxygens (including phenoxy) is 1. The maximum Gasteiger partial charge on any atom is 0.325 e. The third-order valence-electron chi connectivity index (χ3n) is 5.69. The van der Waals surface area contributed by atoms with E-state index in [0.717, 1.165) is 22.4 Å². The Hall–Kier alpha value is -3.37. The second-order valence-corrected chi connectivity index (χ2v) is 9.89. The number of aryl methyl sites for hydroxylation is 3. The minimum atomic E-state index is -0.579. The molecule has 0 aliphatic carbocycles. The summed E-state index contributed by atoms with van der Waals surface area (Å²) in [6.45, 7) is 10.3. The summed E-state index contributed by atoms with van der Waals surface area (Å²) >= 11 is 1.26. The molecule has 3 amide bonds. The van der Waals surface area contributed by atoms with Gasteiger partial charge in [0.25, 0.3) is 0 Å². The van der Waals surface area contributed by atoms with Gasteiger partial charge in [-0.2, -0.15) is 0 Å². The fraction of sp³-hybridized carbons (Fsp3) is 0.360. The molecule has 10 heteroatoms. The van der Waals surface area contributed by atoms with Gasteiger partial charge in [-0.25, -0.2) is 4.79 Å². The Morgan fingerprint density at radius 3 is 2.49 bits per heavy atom. The van der Waals surface area contributed by atoms with Crippen molar-refractivity contribution in [2.75, 3.05) is 36.5 Å². The fourth-order valence-corrected chi connectivity index (χ4v) is 4.69. The van der Waals surface area contributed by atoms with Crippen molar-refractivity contribution in [3.63, 3.8) is 0 Å². The number of urea groups is 1. The van der Waals surface area contributed by atoms with E-state index >= 15 is 0 Å². The number of hydrogen-bond acceptors (Lipinski definition) is 7. The van der Waals surface area contributed by atoms with Crippen molar-refractivity contribution in [2.45, 2.75) is 38.1 Å². The van der Waals surface area contributed by atoms with Crippen molar-refractivity contribution in [1.29, 1.82) is 0 Å². The molecule has 2 heterocycles. The number of nitrogens with zero attached hydrogens (tertiary/aromatic N) is 4. The van der Waals surface area contributed by atoms with Gasteiger partial charge in [0.05, 0.1) is 24.2 Å². The molecule has 1 aliphatic heterocycles. The molecular weight excluding hydrogens is 464 g/mol. The van der Waals surface area contributed by atoms with Crippen LogP contribution in [0.25, 0.3) is 5.69 Å². The number of amides is 3. The van der Waals surface area contributed by atoms with E-state index in [2.05, 4.69) is 31.8 Å². The lowest BCUT2D eigenvalue weighted by atomic mass is 10.1. The maximum absolute atomic E-state index is 12.8. The average Bonchev–Trinajstić information content (AvgIpc) is 3.25. The summed E-state index contributed by atoms with van der Waals surface area (Å²) in [6.07, 6.45) is 0. The van der Waals surface area contributed by atoms with Crippen LogP contribution in [0.2, 0.25) is 0 Å². The minimum absolute atomic E-state index is 0.413. The average molecular weight is 495 g/mol. The van der Waals surface area contributed by atoms with E-state index in [1.54, 1.807) is 6.92 Å². The normalized spacial score (nSPS) is 14.5. The molecule has 2 aromatic carbocycles. The Morgan fingerprint density at radius 1 is 1.03 bits per heavy atom. The zero-order chi connectivity index (χ0) is 24.9. The highest BCUT2D eigenvalue weighted by molar-refractivity contribution is 8.00. The van der Waals surface area contributed by atoms with E-state index in [4.69, 9.17) is 4.74 Å². The van der Waals surface area contributed by atoms with E-state index in [-0.39, 0.29) is 0 Å². The Bertz CT molecular complexity index is 1220. The van der Waals surface area contributed by atoms with Crippen LogP contribution in [0, 0.1) is 20.8 Å². The van der Waals surface area contributed by atoms with Crippen molar-refractivity contribution in [3.05, 3.63) is 59.2 Å². The monoisotopic (exact) mass is 494 g/mol. The molecule has 0 saturated carbocycles. The van der Waals surface area contributed by atoms with Crippen LogP contribution in [0.4, 0.5) is 16.4 Å². The lowest BCUT2D eigenvalue weighted by molar-refractivity contribution is -0.119. The van der Waals surface area contributed by atoms with Gasteiger partial charge in [-0.1, -0.05) is 41.6 Å². The second kappa shape index (κ2) is 10.9. The molecular formula is C25H30N6O3S. The fourth-order valence-electron chi connectivity index (χ4n) is 3.83. The topological polar surface area (TPSA) is 101 Å². The highest BCUT2D eigenvalue weighted by Crippen LogP contribution is 2.30. The third kappa shape index (κ3) is 6.01. The predicted octanol–water partition coefficient (Wildman–Crippen LogP) is 3.86. The standard InChI is InChI=1S/C25H30N6O3S/c1-16-6-5-7-20(15-16)31-24(30-10-12-34-13-11-30)28-29-25(31)35-19(4)22(32)27-23(33)26-21-9-8-17(2)14-18(21)3/h5-9,14-15,19H,10-13H2,1-4H3,(H2,26,27,32,33). The number of morpholine rings is 1. The highest BCUT2D eigenvalue weighted by atomic mass is 32.2. The van der Waals surface area contributed by atoms with Crippen LogP contribution in [-0.2, 0) is 9.53 Å². The molecule has 0 radical (unpaired) electrons. The van der Waals surface area contributed by atoms with Crippen molar-refractivity contribution >= 4 is 35.3 Å². The van der Waals surface area contributed by atoms with Gasteiger partial charge in [0.1, 0.15) is 0 Å². The van der Waals surface area contributed by atoms with E-state index in [9.17, 15) is 9.59 Å². The van der Waals surface area contributed by atoms with E-state index in [0.29, 0.717) is 43.1 Å². The van der Waals surface area contributed by atoms with Crippen LogP contribution in [-0.4, -0.2) is 58.3 Å². The van der Waals surface area contributed by atoms with Crippen LogP contribution in [0.5, 0.6) is 0 Å². The van der Waals surface area contributed by atoms with Gasteiger partial charge in [0.15, 0.2) is 5.16 Å². The summed E-state index contributed by atoms with van der Waals surface area (Å²) < 4.78 is 7.45. The Morgan fingerprint density at radius 2 is 1.77 bits per heavy atom. The predicted molar refractivity (Wildman–Crippen MR) is 138 cm³/mol. The van der Waals surface area contributed by atoms with Crippen LogP contribution >= 0.6 is 11.8 Å². The van der Waals surface area contributed by atoms with Crippen molar-refractivity contribution in [1.82, 2.24) is 20.1 Å². The molecule has 184 valence electrons. The zero-order valence-electron chi connectivity index (χ0n) is 20.4. The smallest absolute Gasteiger partial charge is 0.325 e.